The van der Waals surface area contributed by atoms with Crippen molar-refractivity contribution >= 4 is 27.0 Å². The highest BCUT2D eigenvalue weighted by Crippen LogP contribution is 2.19. The van der Waals surface area contributed by atoms with E-state index in [1.807, 2.05) is 13.2 Å². The molecule has 0 atom stereocenters. The molecule has 0 radical (unpaired) electrons. The van der Waals surface area contributed by atoms with Gasteiger partial charge in [0.05, 0.1) is 4.90 Å². The van der Waals surface area contributed by atoms with Crippen molar-refractivity contribution in [2.75, 3.05) is 19.3 Å². The molecule has 0 saturated carbocycles. The quantitative estimate of drug-likeness (QED) is 0.618. The lowest BCUT2D eigenvalue weighted by Gasteiger charge is -2.22. The van der Waals surface area contributed by atoms with Gasteiger partial charge in [0.1, 0.15) is 0 Å². The smallest absolute Gasteiger partial charge is 0.284 e. The van der Waals surface area contributed by atoms with Crippen LogP contribution in [0.3, 0.4) is 0 Å². The third-order valence-corrected chi connectivity index (χ3v) is 5.69. The summed E-state index contributed by atoms with van der Waals surface area (Å²) in [4.78, 5) is 2.36. The number of nitrogens with zero attached hydrogens (tertiary/aromatic N) is 2. The van der Waals surface area contributed by atoms with Gasteiger partial charge >= 0.3 is 0 Å². The highest BCUT2D eigenvalue weighted by atomic mass is 32.2. The topological polar surface area (TPSA) is 49.7 Å². The first kappa shape index (κ1) is 16.4. The Labute approximate surface area is 131 Å². The molecule has 1 aliphatic heterocycles. The lowest BCUT2D eigenvalue weighted by atomic mass is 10.2. The summed E-state index contributed by atoms with van der Waals surface area (Å²) >= 11 is 1.41. The maximum Gasteiger partial charge on any atom is 0.284 e. The molecule has 1 saturated heterocycles. The van der Waals surface area contributed by atoms with Crippen LogP contribution in [0.25, 0.3) is 0 Å². The van der Waals surface area contributed by atoms with Gasteiger partial charge in [0.15, 0.2) is 5.17 Å². The summed E-state index contributed by atoms with van der Waals surface area (Å²) < 4.78 is 28.9. The number of benzene rings is 1. The van der Waals surface area contributed by atoms with Crippen LogP contribution in [0.1, 0.15) is 31.2 Å². The monoisotopic (exact) mass is 326 g/mol. The second-order valence-corrected chi connectivity index (χ2v) is 7.64. The van der Waals surface area contributed by atoms with E-state index in [-0.39, 0.29) is 4.90 Å². The summed E-state index contributed by atoms with van der Waals surface area (Å²) in [6.07, 6.45) is 6.51. The van der Waals surface area contributed by atoms with Crippen LogP contribution in [-0.4, -0.2) is 37.8 Å². The zero-order chi connectivity index (χ0) is 15.3. The molecule has 0 aliphatic carbocycles. The first-order valence-corrected chi connectivity index (χ1v) is 9.90. The summed E-state index contributed by atoms with van der Waals surface area (Å²) in [5.74, 6) is 0. The maximum absolute atomic E-state index is 12.4. The fourth-order valence-corrected chi connectivity index (χ4v) is 4.29. The van der Waals surface area contributed by atoms with Gasteiger partial charge in [-0.15, -0.1) is 4.40 Å². The number of likely N-dealkylation sites (tertiary alicyclic amines) is 1. The molecule has 6 heteroatoms. The van der Waals surface area contributed by atoms with Crippen molar-refractivity contribution < 1.29 is 8.42 Å². The van der Waals surface area contributed by atoms with E-state index in [2.05, 4.69) is 9.30 Å². The van der Waals surface area contributed by atoms with E-state index >= 15 is 0 Å². The molecule has 1 aromatic carbocycles. The number of aryl methyl sites for hydroxylation is 1. The van der Waals surface area contributed by atoms with Crippen LogP contribution in [0, 0.1) is 6.92 Å². The van der Waals surface area contributed by atoms with Crippen molar-refractivity contribution in [1.82, 2.24) is 4.90 Å². The molecule has 0 aromatic heterocycles. The fourth-order valence-electron chi connectivity index (χ4n) is 2.35. The lowest BCUT2D eigenvalue weighted by Crippen LogP contribution is -2.30. The van der Waals surface area contributed by atoms with Crippen LogP contribution in [0.15, 0.2) is 33.6 Å². The Morgan fingerprint density at radius 2 is 1.67 bits per heavy atom. The van der Waals surface area contributed by atoms with Crippen LogP contribution in [0.4, 0.5) is 0 Å². The van der Waals surface area contributed by atoms with Gasteiger partial charge in [-0.05, 0) is 38.2 Å². The van der Waals surface area contributed by atoms with Gasteiger partial charge in [0, 0.05) is 13.1 Å². The number of amidine groups is 1. The molecule has 0 N–H and O–H groups in total. The number of thioether (sulfide) groups is 1. The van der Waals surface area contributed by atoms with Crippen LogP contribution >= 0.6 is 11.8 Å². The summed E-state index contributed by atoms with van der Waals surface area (Å²) in [5, 5.41) is 0.609. The van der Waals surface area contributed by atoms with Crippen molar-refractivity contribution in [3.8, 4) is 0 Å². The lowest BCUT2D eigenvalue weighted by molar-refractivity contribution is 0.444. The molecule has 0 amide bonds. The molecule has 0 unspecified atom stereocenters. The normalized spacial score (nSPS) is 17.6. The fraction of sp³-hybridized carbons (Fsp3) is 0.533. The minimum Gasteiger partial charge on any atom is -0.351 e. The Balaban J connectivity index is 2.26. The van der Waals surface area contributed by atoms with Crippen molar-refractivity contribution in [3.63, 3.8) is 0 Å². The molecule has 2 rings (SSSR count). The van der Waals surface area contributed by atoms with Crippen LogP contribution in [-0.2, 0) is 10.0 Å². The molecular weight excluding hydrogens is 304 g/mol. The molecule has 1 aliphatic rings. The van der Waals surface area contributed by atoms with Crippen molar-refractivity contribution in [3.05, 3.63) is 29.8 Å². The Morgan fingerprint density at radius 3 is 2.19 bits per heavy atom. The highest BCUT2D eigenvalue weighted by molar-refractivity contribution is 8.13. The minimum absolute atomic E-state index is 0.259. The van der Waals surface area contributed by atoms with E-state index in [4.69, 9.17) is 0 Å². The molecule has 0 spiro atoms. The molecule has 116 valence electrons. The van der Waals surface area contributed by atoms with Crippen LogP contribution in [0.2, 0.25) is 0 Å². The summed E-state index contributed by atoms with van der Waals surface area (Å²) in [6, 6.07) is 6.84. The van der Waals surface area contributed by atoms with E-state index in [0.717, 1.165) is 31.5 Å². The predicted molar refractivity (Wildman–Crippen MR) is 89.4 cm³/mol. The summed E-state index contributed by atoms with van der Waals surface area (Å²) in [6.45, 7) is 3.72. The Bertz CT molecular complexity index is 587. The molecule has 1 aromatic rings. The highest BCUT2D eigenvalue weighted by Gasteiger charge is 2.18. The Hall–Kier alpha value is -1.01. The minimum atomic E-state index is -3.62. The average Bonchev–Trinajstić information content (AvgIpc) is 2.74. The first-order valence-electron chi connectivity index (χ1n) is 7.23. The van der Waals surface area contributed by atoms with Gasteiger partial charge in [-0.2, -0.15) is 8.42 Å². The van der Waals surface area contributed by atoms with Gasteiger partial charge in [-0.3, -0.25) is 0 Å². The average molecular weight is 326 g/mol. The van der Waals surface area contributed by atoms with Crippen molar-refractivity contribution in [2.24, 2.45) is 4.40 Å². The Kier molecular flexibility index (Phi) is 5.70. The largest absolute Gasteiger partial charge is 0.351 e. The third kappa shape index (κ3) is 4.48. The van der Waals surface area contributed by atoms with E-state index < -0.39 is 10.0 Å². The van der Waals surface area contributed by atoms with Crippen LogP contribution < -0.4 is 0 Å². The van der Waals surface area contributed by atoms with Gasteiger partial charge in [-0.25, -0.2) is 0 Å². The predicted octanol–water partition coefficient (Wildman–Crippen LogP) is 3.28. The van der Waals surface area contributed by atoms with Crippen molar-refractivity contribution in [2.45, 2.75) is 37.5 Å². The van der Waals surface area contributed by atoms with E-state index in [0.29, 0.717) is 5.17 Å². The number of rotatable bonds is 2. The molecule has 1 fully saturated rings. The summed E-state index contributed by atoms with van der Waals surface area (Å²) in [7, 11) is -3.62. The number of hydrogen-bond acceptors (Lipinski definition) is 3. The second-order valence-electron chi connectivity index (χ2n) is 5.27. The zero-order valence-corrected chi connectivity index (χ0v) is 14.2. The standard InChI is InChI=1S/C15H22N2O2S2/c1-13-7-9-14(10-8-13)21(18,19)16-15(20-2)17-11-5-3-4-6-12-17/h7-10H,3-6,11-12H2,1-2H3/b16-15-. The second kappa shape index (κ2) is 7.31. The first-order chi connectivity index (χ1) is 10.0. The molecule has 21 heavy (non-hydrogen) atoms. The van der Waals surface area contributed by atoms with Crippen LogP contribution in [0.5, 0.6) is 0 Å². The molecule has 0 bridgehead atoms. The van der Waals surface area contributed by atoms with E-state index in [9.17, 15) is 8.42 Å². The molecule has 1 heterocycles. The number of sulfonamides is 1. The maximum atomic E-state index is 12.4. The molecule has 4 nitrogen and oxygen atoms in total. The van der Waals surface area contributed by atoms with Gasteiger partial charge in [0.2, 0.25) is 0 Å². The van der Waals surface area contributed by atoms with Gasteiger partial charge in [-0.1, -0.05) is 42.3 Å². The SMILES string of the molecule is CS/C(=N\S(=O)(=O)c1ccc(C)cc1)N1CCCCCC1. The number of hydrogen-bond donors (Lipinski definition) is 0. The molecular formula is C15H22N2O2S2. The zero-order valence-electron chi connectivity index (χ0n) is 12.6. The third-order valence-electron chi connectivity index (χ3n) is 3.58. The van der Waals surface area contributed by atoms with Gasteiger partial charge in [0.25, 0.3) is 10.0 Å². The van der Waals surface area contributed by atoms with Crippen molar-refractivity contribution in [1.29, 1.82) is 0 Å². The Morgan fingerprint density at radius 1 is 1.10 bits per heavy atom. The van der Waals surface area contributed by atoms with E-state index in [1.54, 1.807) is 24.3 Å². The van der Waals surface area contributed by atoms with Gasteiger partial charge < -0.3 is 4.90 Å². The summed E-state index contributed by atoms with van der Waals surface area (Å²) in [5.41, 5.74) is 1.04. The van der Waals surface area contributed by atoms with E-state index in [1.165, 1.54) is 24.6 Å².